The molecule has 96 valence electrons. The van der Waals surface area contributed by atoms with Gasteiger partial charge < -0.3 is 5.32 Å². The number of thiazole rings is 1. The summed E-state index contributed by atoms with van der Waals surface area (Å²) in [4.78, 5) is 16.1. The standard InChI is InChI=1S/C12H14ClN3OS/c1-3-14-11-5-4-9(13)10(15-11)6-16-8(2)7-18-12(16)17/h4-5,7H,3,6H2,1-2H3,(H,14,15). The van der Waals surface area contributed by atoms with E-state index in [-0.39, 0.29) is 4.87 Å². The second-order valence-electron chi connectivity index (χ2n) is 3.88. The van der Waals surface area contributed by atoms with Gasteiger partial charge in [-0.05, 0) is 26.0 Å². The smallest absolute Gasteiger partial charge is 0.307 e. The molecule has 0 aliphatic carbocycles. The topological polar surface area (TPSA) is 46.9 Å². The Bertz CT molecular complexity index is 606. The zero-order valence-corrected chi connectivity index (χ0v) is 11.8. The molecule has 2 aromatic heterocycles. The summed E-state index contributed by atoms with van der Waals surface area (Å²) in [6, 6.07) is 3.63. The molecule has 2 heterocycles. The van der Waals surface area contributed by atoms with Crippen LogP contribution in [0, 0.1) is 6.92 Å². The van der Waals surface area contributed by atoms with Crippen molar-refractivity contribution in [3.05, 3.63) is 43.6 Å². The van der Waals surface area contributed by atoms with Gasteiger partial charge in [-0.2, -0.15) is 0 Å². The number of hydrogen-bond donors (Lipinski definition) is 1. The van der Waals surface area contributed by atoms with Crippen molar-refractivity contribution < 1.29 is 0 Å². The highest BCUT2D eigenvalue weighted by atomic mass is 35.5. The van der Waals surface area contributed by atoms with Gasteiger partial charge in [0.15, 0.2) is 0 Å². The molecule has 0 unspecified atom stereocenters. The number of halogens is 1. The highest BCUT2D eigenvalue weighted by Gasteiger charge is 2.08. The van der Waals surface area contributed by atoms with E-state index in [4.69, 9.17) is 11.6 Å². The molecule has 0 aliphatic heterocycles. The van der Waals surface area contributed by atoms with Crippen molar-refractivity contribution in [1.29, 1.82) is 0 Å². The molecule has 1 N–H and O–H groups in total. The van der Waals surface area contributed by atoms with E-state index in [1.54, 1.807) is 10.6 Å². The molecule has 0 atom stereocenters. The Morgan fingerprint density at radius 3 is 2.89 bits per heavy atom. The van der Waals surface area contributed by atoms with E-state index >= 15 is 0 Å². The van der Waals surface area contributed by atoms with Crippen LogP contribution in [0.15, 0.2) is 22.3 Å². The lowest BCUT2D eigenvalue weighted by Crippen LogP contribution is -2.16. The van der Waals surface area contributed by atoms with Crippen LogP contribution in [0.3, 0.4) is 0 Å². The van der Waals surface area contributed by atoms with Crippen molar-refractivity contribution in [2.24, 2.45) is 0 Å². The monoisotopic (exact) mass is 283 g/mol. The van der Waals surface area contributed by atoms with Gasteiger partial charge in [0.1, 0.15) is 5.82 Å². The third kappa shape index (κ3) is 2.73. The molecular formula is C12H14ClN3OS. The lowest BCUT2D eigenvalue weighted by molar-refractivity contribution is 0.736. The lowest BCUT2D eigenvalue weighted by atomic mass is 10.3. The molecule has 2 aromatic rings. The average Bonchev–Trinajstić information content (AvgIpc) is 2.65. The number of anilines is 1. The Hall–Kier alpha value is -1.33. The maximum atomic E-state index is 11.7. The first-order chi connectivity index (χ1) is 8.61. The first-order valence-corrected chi connectivity index (χ1v) is 6.91. The molecule has 0 aromatic carbocycles. The Balaban J connectivity index is 2.33. The van der Waals surface area contributed by atoms with Crippen LogP contribution in [0.25, 0.3) is 0 Å². The average molecular weight is 284 g/mol. The second-order valence-corrected chi connectivity index (χ2v) is 5.11. The van der Waals surface area contributed by atoms with Gasteiger partial charge in [-0.15, -0.1) is 0 Å². The molecule has 0 radical (unpaired) electrons. The van der Waals surface area contributed by atoms with E-state index in [0.29, 0.717) is 17.3 Å². The summed E-state index contributed by atoms with van der Waals surface area (Å²) < 4.78 is 1.68. The molecule has 0 aliphatic rings. The fraction of sp³-hybridized carbons (Fsp3) is 0.333. The third-order valence-electron chi connectivity index (χ3n) is 2.56. The van der Waals surface area contributed by atoms with Gasteiger partial charge in [-0.1, -0.05) is 22.9 Å². The summed E-state index contributed by atoms with van der Waals surface area (Å²) in [7, 11) is 0. The summed E-state index contributed by atoms with van der Waals surface area (Å²) in [5.74, 6) is 0.776. The zero-order chi connectivity index (χ0) is 13.1. The number of aromatic nitrogens is 2. The van der Waals surface area contributed by atoms with Gasteiger partial charge in [0.05, 0.1) is 17.3 Å². The fourth-order valence-electron chi connectivity index (χ4n) is 1.62. The molecule has 0 saturated carbocycles. The van der Waals surface area contributed by atoms with E-state index in [2.05, 4.69) is 10.3 Å². The molecule has 0 saturated heterocycles. The van der Waals surface area contributed by atoms with E-state index < -0.39 is 0 Å². The molecule has 6 heteroatoms. The van der Waals surface area contributed by atoms with Gasteiger partial charge in [-0.25, -0.2) is 4.98 Å². The Morgan fingerprint density at radius 1 is 1.50 bits per heavy atom. The van der Waals surface area contributed by atoms with Crippen LogP contribution < -0.4 is 10.2 Å². The minimum absolute atomic E-state index is 0.0132. The quantitative estimate of drug-likeness (QED) is 0.938. The molecule has 0 bridgehead atoms. The number of rotatable bonds is 4. The summed E-state index contributed by atoms with van der Waals surface area (Å²) in [6.07, 6.45) is 0. The SMILES string of the molecule is CCNc1ccc(Cl)c(Cn2c(C)csc2=O)n1. The highest BCUT2D eigenvalue weighted by molar-refractivity contribution is 7.07. The third-order valence-corrected chi connectivity index (χ3v) is 3.79. The second kappa shape index (κ2) is 5.54. The van der Waals surface area contributed by atoms with Crippen molar-refractivity contribution in [3.8, 4) is 0 Å². The van der Waals surface area contributed by atoms with Gasteiger partial charge in [0.2, 0.25) is 0 Å². The van der Waals surface area contributed by atoms with Gasteiger partial charge in [-0.3, -0.25) is 9.36 Å². The zero-order valence-electron chi connectivity index (χ0n) is 10.2. The number of nitrogens with zero attached hydrogens (tertiary/aromatic N) is 2. The van der Waals surface area contributed by atoms with Crippen LogP contribution in [-0.2, 0) is 6.54 Å². The van der Waals surface area contributed by atoms with Gasteiger partial charge in [0, 0.05) is 17.6 Å². The van der Waals surface area contributed by atoms with Gasteiger partial charge >= 0.3 is 4.87 Å². The first-order valence-electron chi connectivity index (χ1n) is 5.66. The number of aryl methyl sites for hydroxylation is 1. The highest BCUT2D eigenvalue weighted by Crippen LogP contribution is 2.18. The van der Waals surface area contributed by atoms with Crippen molar-refractivity contribution >= 4 is 28.8 Å². The predicted molar refractivity (Wildman–Crippen MR) is 75.8 cm³/mol. The maximum absolute atomic E-state index is 11.7. The summed E-state index contributed by atoms with van der Waals surface area (Å²) in [5, 5.41) is 5.55. The van der Waals surface area contributed by atoms with Crippen LogP contribution in [0.2, 0.25) is 5.02 Å². The largest absolute Gasteiger partial charge is 0.370 e. The van der Waals surface area contributed by atoms with E-state index in [1.807, 2.05) is 25.3 Å². The van der Waals surface area contributed by atoms with Crippen LogP contribution >= 0.6 is 22.9 Å². The van der Waals surface area contributed by atoms with Crippen molar-refractivity contribution in [2.75, 3.05) is 11.9 Å². The van der Waals surface area contributed by atoms with Crippen molar-refractivity contribution in [3.63, 3.8) is 0 Å². The molecule has 0 spiro atoms. The number of pyridine rings is 1. The number of hydrogen-bond acceptors (Lipinski definition) is 4. The Morgan fingerprint density at radius 2 is 2.28 bits per heavy atom. The summed E-state index contributed by atoms with van der Waals surface area (Å²) >= 11 is 7.31. The van der Waals surface area contributed by atoms with Crippen LogP contribution in [0.5, 0.6) is 0 Å². The lowest BCUT2D eigenvalue weighted by Gasteiger charge is -2.09. The first kappa shape index (κ1) is 13.1. The van der Waals surface area contributed by atoms with Crippen LogP contribution in [-0.4, -0.2) is 16.1 Å². The minimum atomic E-state index is 0.0132. The minimum Gasteiger partial charge on any atom is -0.370 e. The van der Waals surface area contributed by atoms with Crippen LogP contribution in [0.4, 0.5) is 5.82 Å². The van der Waals surface area contributed by atoms with E-state index in [9.17, 15) is 4.79 Å². The van der Waals surface area contributed by atoms with E-state index in [1.165, 1.54) is 11.3 Å². The molecule has 4 nitrogen and oxygen atoms in total. The number of nitrogens with one attached hydrogen (secondary N) is 1. The van der Waals surface area contributed by atoms with Gasteiger partial charge in [0.25, 0.3) is 0 Å². The molecular weight excluding hydrogens is 270 g/mol. The predicted octanol–water partition coefficient (Wildman–Crippen LogP) is 2.75. The Labute approximate surface area is 114 Å². The molecule has 0 fully saturated rings. The van der Waals surface area contributed by atoms with Crippen molar-refractivity contribution in [1.82, 2.24) is 9.55 Å². The van der Waals surface area contributed by atoms with Crippen molar-refractivity contribution in [2.45, 2.75) is 20.4 Å². The summed E-state index contributed by atoms with van der Waals surface area (Å²) in [6.45, 7) is 5.11. The molecule has 0 amide bonds. The molecule has 18 heavy (non-hydrogen) atoms. The maximum Gasteiger partial charge on any atom is 0.307 e. The normalized spacial score (nSPS) is 10.6. The Kier molecular flexibility index (Phi) is 4.04. The van der Waals surface area contributed by atoms with Crippen LogP contribution in [0.1, 0.15) is 18.3 Å². The summed E-state index contributed by atoms with van der Waals surface area (Å²) in [5.41, 5.74) is 1.63. The fourth-order valence-corrected chi connectivity index (χ4v) is 2.52. The molecule has 2 rings (SSSR count). The van der Waals surface area contributed by atoms with E-state index in [0.717, 1.165) is 18.1 Å².